The number of aliphatic imine (C=N–C) groups is 1. The summed E-state index contributed by atoms with van der Waals surface area (Å²) in [7, 11) is 2.15. The van der Waals surface area contributed by atoms with E-state index in [1.54, 1.807) is 6.21 Å². The van der Waals surface area contributed by atoms with Crippen LogP contribution in [0.1, 0.15) is 13.3 Å². The molecule has 0 bridgehead atoms. The van der Waals surface area contributed by atoms with Crippen LogP contribution in [0.25, 0.3) is 0 Å². The Bertz CT molecular complexity index is 337. The minimum absolute atomic E-state index is 0.0480. The lowest BCUT2D eigenvalue weighted by Gasteiger charge is -2.23. The minimum atomic E-state index is 0.0480. The van der Waals surface area contributed by atoms with E-state index >= 15 is 0 Å². The Labute approximate surface area is 104 Å². The molecule has 4 nitrogen and oxygen atoms in total. The standard InChI is InChI=1S/C13H22N4/c1-4-6-13(11-15-12(2)14)17-8-5-7-16(3)9-10-17/h11,13H,2,5,7-10,14H2,1,3H3. The van der Waals surface area contributed by atoms with Crippen molar-refractivity contribution in [3.63, 3.8) is 0 Å². The van der Waals surface area contributed by atoms with E-state index in [4.69, 9.17) is 5.73 Å². The highest BCUT2D eigenvalue weighted by Gasteiger charge is 2.17. The first-order valence-electron chi connectivity index (χ1n) is 5.97. The molecule has 0 aromatic heterocycles. The molecule has 1 heterocycles. The maximum absolute atomic E-state index is 5.45. The third kappa shape index (κ3) is 5.03. The summed E-state index contributed by atoms with van der Waals surface area (Å²) >= 11 is 0. The van der Waals surface area contributed by atoms with E-state index in [2.05, 4.69) is 40.3 Å². The van der Waals surface area contributed by atoms with Crippen LogP contribution in [0, 0.1) is 11.8 Å². The van der Waals surface area contributed by atoms with Crippen molar-refractivity contribution in [2.75, 3.05) is 33.2 Å². The molecule has 0 aliphatic carbocycles. The van der Waals surface area contributed by atoms with E-state index in [1.807, 2.05) is 6.92 Å². The summed E-state index contributed by atoms with van der Waals surface area (Å²) in [6, 6.07) is 0.0480. The first-order chi connectivity index (χ1) is 8.13. The number of rotatable bonds is 3. The third-order valence-electron chi connectivity index (χ3n) is 2.82. The zero-order valence-electron chi connectivity index (χ0n) is 10.8. The van der Waals surface area contributed by atoms with Crippen molar-refractivity contribution >= 4 is 6.21 Å². The van der Waals surface area contributed by atoms with Crippen LogP contribution >= 0.6 is 0 Å². The van der Waals surface area contributed by atoms with Crippen LogP contribution in [0.5, 0.6) is 0 Å². The summed E-state index contributed by atoms with van der Waals surface area (Å²) < 4.78 is 0. The molecule has 0 aromatic carbocycles. The van der Waals surface area contributed by atoms with Crippen molar-refractivity contribution in [1.82, 2.24) is 9.80 Å². The van der Waals surface area contributed by atoms with Gasteiger partial charge < -0.3 is 10.6 Å². The van der Waals surface area contributed by atoms with Crippen LogP contribution in [-0.2, 0) is 0 Å². The van der Waals surface area contributed by atoms with Crippen molar-refractivity contribution in [2.45, 2.75) is 19.4 Å². The van der Waals surface area contributed by atoms with Crippen molar-refractivity contribution < 1.29 is 0 Å². The van der Waals surface area contributed by atoms with Crippen LogP contribution in [0.3, 0.4) is 0 Å². The Balaban J connectivity index is 2.68. The summed E-state index contributed by atoms with van der Waals surface area (Å²) in [5.74, 6) is 6.45. The van der Waals surface area contributed by atoms with Crippen molar-refractivity contribution in [2.24, 2.45) is 10.7 Å². The zero-order chi connectivity index (χ0) is 12.7. The van der Waals surface area contributed by atoms with Gasteiger partial charge >= 0.3 is 0 Å². The molecule has 1 atom stereocenters. The molecule has 0 amide bonds. The largest absolute Gasteiger partial charge is 0.384 e. The predicted molar refractivity (Wildman–Crippen MR) is 72.7 cm³/mol. The van der Waals surface area contributed by atoms with Gasteiger partial charge in [0.15, 0.2) is 0 Å². The molecule has 1 aliphatic rings. The van der Waals surface area contributed by atoms with Gasteiger partial charge in [-0.15, -0.1) is 5.92 Å². The number of likely N-dealkylation sites (N-methyl/N-ethyl adjacent to an activating group) is 1. The molecular formula is C13H22N4. The van der Waals surface area contributed by atoms with Gasteiger partial charge in [-0.3, -0.25) is 4.90 Å². The molecule has 0 spiro atoms. The number of nitrogens with two attached hydrogens (primary N) is 1. The van der Waals surface area contributed by atoms with E-state index < -0.39 is 0 Å². The van der Waals surface area contributed by atoms with Gasteiger partial charge in [0, 0.05) is 25.8 Å². The summed E-state index contributed by atoms with van der Waals surface area (Å²) in [6.07, 6.45) is 2.96. The van der Waals surface area contributed by atoms with E-state index in [0.717, 1.165) is 32.6 Å². The van der Waals surface area contributed by atoms with E-state index in [1.165, 1.54) is 0 Å². The smallest absolute Gasteiger partial charge is 0.115 e. The first-order valence-corrected chi connectivity index (χ1v) is 5.97. The Kier molecular flexibility index (Phi) is 5.75. The first kappa shape index (κ1) is 13.8. The third-order valence-corrected chi connectivity index (χ3v) is 2.82. The molecule has 1 rings (SSSR count). The second-order valence-corrected chi connectivity index (χ2v) is 4.30. The van der Waals surface area contributed by atoms with E-state index in [9.17, 15) is 0 Å². The number of hydrogen-bond donors (Lipinski definition) is 1. The lowest BCUT2D eigenvalue weighted by atomic mass is 10.2. The van der Waals surface area contributed by atoms with Crippen molar-refractivity contribution in [3.8, 4) is 11.8 Å². The van der Waals surface area contributed by atoms with Gasteiger partial charge in [-0.05, 0) is 26.9 Å². The molecule has 1 fully saturated rings. The summed E-state index contributed by atoms with van der Waals surface area (Å²) in [5.41, 5.74) is 5.45. The Morgan fingerprint density at radius 1 is 1.41 bits per heavy atom. The minimum Gasteiger partial charge on any atom is -0.384 e. The zero-order valence-corrected chi connectivity index (χ0v) is 10.8. The van der Waals surface area contributed by atoms with Crippen LogP contribution in [0.15, 0.2) is 17.4 Å². The maximum Gasteiger partial charge on any atom is 0.115 e. The lowest BCUT2D eigenvalue weighted by molar-refractivity contribution is 0.280. The molecule has 17 heavy (non-hydrogen) atoms. The van der Waals surface area contributed by atoms with Crippen LogP contribution in [-0.4, -0.2) is 55.3 Å². The maximum atomic E-state index is 5.45. The van der Waals surface area contributed by atoms with Gasteiger partial charge in [-0.2, -0.15) is 0 Å². The van der Waals surface area contributed by atoms with Gasteiger partial charge in [-0.1, -0.05) is 12.5 Å². The SMILES string of the molecule is C=C(N)N=CC(C#CC)N1CCCN(C)CC1. The van der Waals surface area contributed by atoms with Gasteiger partial charge in [0.1, 0.15) is 11.9 Å². The fourth-order valence-electron chi connectivity index (χ4n) is 1.88. The predicted octanol–water partition coefficient (Wildman–Crippen LogP) is 0.517. The summed E-state index contributed by atoms with van der Waals surface area (Å²) in [4.78, 5) is 8.75. The number of nitrogens with zero attached hydrogens (tertiary/aromatic N) is 3. The van der Waals surface area contributed by atoms with Crippen LogP contribution in [0.2, 0.25) is 0 Å². The lowest BCUT2D eigenvalue weighted by Crippen LogP contribution is -2.38. The van der Waals surface area contributed by atoms with Crippen molar-refractivity contribution in [1.29, 1.82) is 0 Å². The molecule has 0 aromatic rings. The number of hydrogen-bond acceptors (Lipinski definition) is 4. The molecule has 4 heteroatoms. The van der Waals surface area contributed by atoms with Gasteiger partial charge in [0.25, 0.3) is 0 Å². The average Bonchev–Trinajstić information content (AvgIpc) is 2.49. The van der Waals surface area contributed by atoms with Crippen LogP contribution < -0.4 is 5.73 Å². The van der Waals surface area contributed by atoms with E-state index in [-0.39, 0.29) is 6.04 Å². The van der Waals surface area contributed by atoms with Gasteiger partial charge in [0.2, 0.25) is 0 Å². The Morgan fingerprint density at radius 3 is 2.82 bits per heavy atom. The molecule has 2 N–H and O–H groups in total. The molecule has 1 aliphatic heterocycles. The topological polar surface area (TPSA) is 44.9 Å². The Morgan fingerprint density at radius 2 is 2.18 bits per heavy atom. The highest BCUT2D eigenvalue weighted by Crippen LogP contribution is 2.05. The van der Waals surface area contributed by atoms with Gasteiger partial charge in [-0.25, -0.2) is 4.99 Å². The highest BCUT2D eigenvalue weighted by atomic mass is 15.2. The second kappa shape index (κ2) is 7.10. The fraction of sp³-hybridized carbons (Fsp3) is 0.615. The average molecular weight is 234 g/mol. The quantitative estimate of drug-likeness (QED) is 0.572. The summed E-state index contributed by atoms with van der Waals surface area (Å²) in [5, 5.41) is 0. The fourth-order valence-corrected chi connectivity index (χ4v) is 1.88. The monoisotopic (exact) mass is 234 g/mol. The molecule has 0 radical (unpaired) electrons. The molecule has 1 unspecified atom stereocenters. The summed E-state index contributed by atoms with van der Waals surface area (Å²) in [6.45, 7) is 9.69. The molecule has 0 saturated carbocycles. The Hall–Kier alpha value is -1.31. The molecular weight excluding hydrogens is 212 g/mol. The second-order valence-electron chi connectivity index (χ2n) is 4.30. The molecule has 1 saturated heterocycles. The van der Waals surface area contributed by atoms with E-state index in [0.29, 0.717) is 5.82 Å². The van der Waals surface area contributed by atoms with Gasteiger partial charge in [0.05, 0.1) is 0 Å². The van der Waals surface area contributed by atoms with Crippen LogP contribution in [0.4, 0.5) is 0 Å². The van der Waals surface area contributed by atoms with Crippen molar-refractivity contribution in [3.05, 3.63) is 12.4 Å². The molecule has 94 valence electrons. The highest BCUT2D eigenvalue weighted by molar-refractivity contribution is 5.70. The normalized spacial score (nSPS) is 20.6.